The van der Waals surface area contributed by atoms with Crippen LogP contribution in [0.3, 0.4) is 0 Å². The Bertz CT molecular complexity index is 736. The third kappa shape index (κ3) is 4.07. The minimum absolute atomic E-state index is 0.0819. The van der Waals surface area contributed by atoms with Gasteiger partial charge in [-0.05, 0) is 43.4 Å². The minimum atomic E-state index is -0.829. The number of nitrogens with zero attached hydrogens (tertiary/aromatic N) is 1. The van der Waals surface area contributed by atoms with Crippen LogP contribution >= 0.6 is 0 Å². The number of rotatable bonds is 6. The van der Waals surface area contributed by atoms with Gasteiger partial charge in [0.2, 0.25) is 5.91 Å². The monoisotopic (exact) mass is 373 g/mol. The van der Waals surface area contributed by atoms with Gasteiger partial charge in [0.25, 0.3) is 5.91 Å². The molecule has 0 unspecified atom stereocenters. The number of urea groups is 1. The molecule has 0 aromatic heterocycles. The van der Waals surface area contributed by atoms with E-state index in [1.165, 1.54) is 0 Å². The molecule has 0 radical (unpaired) electrons. The first-order valence-corrected chi connectivity index (χ1v) is 9.52. The summed E-state index contributed by atoms with van der Waals surface area (Å²) in [6.45, 7) is 4.33. The minimum Gasteiger partial charge on any atom is -0.492 e. The molecule has 2 N–H and O–H groups in total. The highest BCUT2D eigenvalue weighted by Gasteiger charge is 2.55. The average molecular weight is 373 g/mol. The molecule has 1 saturated heterocycles. The van der Waals surface area contributed by atoms with Crippen molar-refractivity contribution in [2.75, 3.05) is 19.7 Å². The Morgan fingerprint density at radius 2 is 2.19 bits per heavy atom. The number of imide groups is 1. The van der Waals surface area contributed by atoms with Crippen LogP contribution in [0.4, 0.5) is 4.79 Å². The molecule has 2 aliphatic rings. The van der Waals surface area contributed by atoms with E-state index >= 15 is 0 Å². The highest BCUT2D eigenvalue weighted by atomic mass is 16.5. The standard InChI is InChI=1S/C20H27N3O4/c1-14-6-5-8-16(12-14)27-11-10-21-17(24)13-23-18(25)20(22-19(23)26)9-4-3-7-15(20)2/h5-6,8,12,15H,3-4,7,9-11,13H2,1-2H3,(H,21,24)(H,22,26)/t15-,20+/m1/s1. The van der Waals surface area contributed by atoms with Crippen molar-refractivity contribution in [1.29, 1.82) is 0 Å². The van der Waals surface area contributed by atoms with Crippen molar-refractivity contribution in [1.82, 2.24) is 15.5 Å². The number of nitrogens with one attached hydrogen (secondary N) is 2. The fourth-order valence-electron chi connectivity index (χ4n) is 3.90. The number of hydrogen-bond acceptors (Lipinski definition) is 4. The van der Waals surface area contributed by atoms with Gasteiger partial charge in [-0.2, -0.15) is 0 Å². The summed E-state index contributed by atoms with van der Waals surface area (Å²) in [6, 6.07) is 7.18. The Kier molecular flexibility index (Phi) is 5.68. The zero-order chi connectivity index (χ0) is 19.4. The van der Waals surface area contributed by atoms with Crippen LogP contribution in [0.2, 0.25) is 0 Å². The maximum absolute atomic E-state index is 12.8. The summed E-state index contributed by atoms with van der Waals surface area (Å²) >= 11 is 0. The Labute approximate surface area is 159 Å². The number of hydrogen-bond donors (Lipinski definition) is 2. The molecule has 1 aliphatic heterocycles. The fourth-order valence-corrected chi connectivity index (χ4v) is 3.90. The van der Waals surface area contributed by atoms with E-state index in [9.17, 15) is 14.4 Å². The van der Waals surface area contributed by atoms with Crippen molar-refractivity contribution in [2.24, 2.45) is 5.92 Å². The second-order valence-corrected chi connectivity index (χ2v) is 7.45. The van der Waals surface area contributed by atoms with Gasteiger partial charge in [0.1, 0.15) is 24.4 Å². The molecule has 7 heteroatoms. The number of amides is 4. The molecule has 0 bridgehead atoms. The lowest BCUT2D eigenvalue weighted by atomic mass is 9.73. The van der Waals surface area contributed by atoms with Crippen LogP contribution in [0.1, 0.15) is 38.2 Å². The second-order valence-electron chi connectivity index (χ2n) is 7.45. The van der Waals surface area contributed by atoms with Gasteiger partial charge in [-0.3, -0.25) is 14.5 Å². The summed E-state index contributed by atoms with van der Waals surface area (Å²) in [4.78, 5) is 38.3. The van der Waals surface area contributed by atoms with E-state index in [0.29, 0.717) is 19.6 Å². The third-order valence-corrected chi connectivity index (χ3v) is 5.49. The van der Waals surface area contributed by atoms with Crippen LogP contribution < -0.4 is 15.4 Å². The predicted octanol–water partition coefficient (Wildman–Crippen LogP) is 1.99. The van der Waals surface area contributed by atoms with Crippen molar-refractivity contribution in [3.05, 3.63) is 29.8 Å². The van der Waals surface area contributed by atoms with Crippen LogP contribution in [0.15, 0.2) is 24.3 Å². The van der Waals surface area contributed by atoms with E-state index in [1.807, 2.05) is 38.1 Å². The van der Waals surface area contributed by atoms with Gasteiger partial charge in [-0.15, -0.1) is 0 Å². The molecule has 1 heterocycles. The van der Waals surface area contributed by atoms with E-state index in [2.05, 4.69) is 10.6 Å². The Hall–Kier alpha value is -2.57. The van der Waals surface area contributed by atoms with Gasteiger partial charge < -0.3 is 15.4 Å². The molecule has 1 aromatic carbocycles. The zero-order valence-corrected chi connectivity index (χ0v) is 15.9. The molecule has 1 aliphatic carbocycles. The topological polar surface area (TPSA) is 87.7 Å². The Morgan fingerprint density at radius 3 is 2.93 bits per heavy atom. The molecule has 2 atom stereocenters. The Morgan fingerprint density at radius 1 is 1.37 bits per heavy atom. The molecule has 146 valence electrons. The van der Waals surface area contributed by atoms with Gasteiger partial charge in [0.15, 0.2) is 0 Å². The molecule has 7 nitrogen and oxygen atoms in total. The SMILES string of the molecule is Cc1cccc(OCCNC(=O)CN2C(=O)N[C@]3(CCCC[C@H]3C)C2=O)c1. The van der Waals surface area contributed by atoms with Crippen LogP contribution in [0.25, 0.3) is 0 Å². The lowest BCUT2D eigenvalue weighted by molar-refractivity contribution is -0.137. The number of benzene rings is 1. The first-order chi connectivity index (χ1) is 12.9. The summed E-state index contributed by atoms with van der Waals surface area (Å²) in [5.41, 5.74) is 0.269. The zero-order valence-electron chi connectivity index (χ0n) is 15.9. The lowest BCUT2D eigenvalue weighted by Crippen LogP contribution is -2.54. The van der Waals surface area contributed by atoms with E-state index in [0.717, 1.165) is 35.5 Å². The van der Waals surface area contributed by atoms with Crippen LogP contribution in [-0.4, -0.2) is 48.0 Å². The highest BCUT2D eigenvalue weighted by molar-refractivity contribution is 6.09. The molecule has 27 heavy (non-hydrogen) atoms. The Balaban J connectivity index is 1.47. The van der Waals surface area contributed by atoms with Crippen LogP contribution in [0, 0.1) is 12.8 Å². The number of carbonyl (C=O) groups excluding carboxylic acids is 3. The van der Waals surface area contributed by atoms with Gasteiger partial charge in [0.05, 0.1) is 6.54 Å². The van der Waals surface area contributed by atoms with Gasteiger partial charge in [0, 0.05) is 0 Å². The van der Waals surface area contributed by atoms with Crippen molar-refractivity contribution >= 4 is 17.8 Å². The summed E-state index contributed by atoms with van der Waals surface area (Å²) < 4.78 is 5.58. The van der Waals surface area contributed by atoms with E-state index < -0.39 is 11.6 Å². The first-order valence-electron chi connectivity index (χ1n) is 9.52. The molecule has 1 saturated carbocycles. The van der Waals surface area contributed by atoms with E-state index in [1.54, 1.807) is 0 Å². The third-order valence-electron chi connectivity index (χ3n) is 5.49. The van der Waals surface area contributed by atoms with Crippen molar-refractivity contribution in [2.45, 2.75) is 45.1 Å². The van der Waals surface area contributed by atoms with Gasteiger partial charge >= 0.3 is 6.03 Å². The molecule has 1 spiro atoms. The molecular formula is C20H27N3O4. The summed E-state index contributed by atoms with van der Waals surface area (Å²) in [5.74, 6) is 0.183. The molecule has 3 rings (SSSR count). The second kappa shape index (κ2) is 7.98. The fraction of sp³-hybridized carbons (Fsp3) is 0.550. The molecular weight excluding hydrogens is 346 g/mol. The van der Waals surface area contributed by atoms with Crippen molar-refractivity contribution in [3.8, 4) is 5.75 Å². The largest absolute Gasteiger partial charge is 0.492 e. The number of carbonyl (C=O) groups is 3. The van der Waals surface area contributed by atoms with Crippen LogP contribution in [-0.2, 0) is 9.59 Å². The predicted molar refractivity (Wildman–Crippen MR) is 100 cm³/mol. The van der Waals surface area contributed by atoms with Crippen molar-refractivity contribution in [3.63, 3.8) is 0 Å². The van der Waals surface area contributed by atoms with Gasteiger partial charge in [-0.25, -0.2) is 4.79 Å². The highest BCUT2D eigenvalue weighted by Crippen LogP contribution is 2.38. The normalized spacial score (nSPS) is 24.8. The summed E-state index contributed by atoms with van der Waals surface area (Å²) in [5, 5.41) is 5.55. The van der Waals surface area contributed by atoms with Gasteiger partial charge in [-0.1, -0.05) is 31.9 Å². The van der Waals surface area contributed by atoms with Crippen LogP contribution in [0.5, 0.6) is 5.75 Å². The molecule has 4 amide bonds. The lowest BCUT2D eigenvalue weighted by Gasteiger charge is -2.36. The number of aryl methyl sites for hydroxylation is 1. The summed E-state index contributed by atoms with van der Waals surface area (Å²) in [6.07, 6.45) is 3.52. The first kappa shape index (κ1) is 19.2. The maximum Gasteiger partial charge on any atom is 0.325 e. The van der Waals surface area contributed by atoms with E-state index in [4.69, 9.17) is 4.74 Å². The quantitative estimate of drug-likeness (QED) is 0.590. The average Bonchev–Trinajstić information content (AvgIpc) is 2.86. The van der Waals surface area contributed by atoms with E-state index in [-0.39, 0.29) is 24.3 Å². The number of ether oxygens (including phenoxy) is 1. The molecule has 1 aromatic rings. The smallest absolute Gasteiger partial charge is 0.325 e. The van der Waals surface area contributed by atoms with Crippen molar-refractivity contribution < 1.29 is 19.1 Å². The maximum atomic E-state index is 12.8. The summed E-state index contributed by atoms with van der Waals surface area (Å²) in [7, 11) is 0. The molecule has 2 fully saturated rings.